The van der Waals surface area contributed by atoms with Crippen LogP contribution in [0.15, 0.2) is 36.4 Å². The molecule has 0 saturated heterocycles. The molecule has 0 bridgehead atoms. The number of aromatic amines is 1. The van der Waals surface area contributed by atoms with Gasteiger partial charge >= 0.3 is 12.1 Å². The number of rotatable bonds is 6. The molecule has 196 valence electrons. The van der Waals surface area contributed by atoms with E-state index in [0.717, 1.165) is 27.7 Å². The Bertz CT molecular complexity index is 1480. The van der Waals surface area contributed by atoms with Crippen molar-refractivity contribution < 1.29 is 23.8 Å². The first kappa shape index (κ1) is 26.1. The molecule has 1 atom stereocenters. The average molecular weight is 507 g/mol. The standard InChI is InChI=1S/C28H34N4O5/c1-15(2)36-26(33)19-13-21-24(23(14-19)35-8)32(7)25(31-21)22-12-18-10-9-17(11-20(18)30-22)16(3)29-27(34)37-28(4,5)6/h9-16,30H,1-8H3,(H,29,34)/t16-/m1/s1. The van der Waals surface area contributed by atoms with Gasteiger partial charge in [0, 0.05) is 18.0 Å². The second kappa shape index (κ2) is 9.80. The number of ether oxygens (including phenoxy) is 3. The van der Waals surface area contributed by atoms with Crippen molar-refractivity contribution in [1.29, 1.82) is 0 Å². The molecule has 1 amide bonds. The van der Waals surface area contributed by atoms with Gasteiger partial charge in [0.05, 0.1) is 36.0 Å². The van der Waals surface area contributed by atoms with Gasteiger partial charge in [-0.2, -0.15) is 0 Å². The van der Waals surface area contributed by atoms with E-state index in [2.05, 4.69) is 10.3 Å². The number of H-pyrrole nitrogens is 1. The topological polar surface area (TPSA) is 107 Å². The van der Waals surface area contributed by atoms with Crippen LogP contribution in [-0.2, 0) is 16.5 Å². The normalized spacial score (nSPS) is 12.7. The Hall–Kier alpha value is -4.01. The molecule has 0 radical (unpaired) electrons. The van der Waals surface area contributed by atoms with Crippen LogP contribution in [0.2, 0.25) is 0 Å². The number of aryl methyl sites for hydroxylation is 1. The summed E-state index contributed by atoms with van der Waals surface area (Å²) in [5.41, 5.74) is 3.88. The van der Waals surface area contributed by atoms with Crippen LogP contribution >= 0.6 is 0 Å². The maximum Gasteiger partial charge on any atom is 0.408 e. The van der Waals surface area contributed by atoms with Gasteiger partial charge in [-0.05, 0) is 71.4 Å². The number of imidazole rings is 1. The Morgan fingerprint density at radius 3 is 2.46 bits per heavy atom. The summed E-state index contributed by atoms with van der Waals surface area (Å²) >= 11 is 0. The molecule has 4 rings (SSSR count). The lowest BCUT2D eigenvalue weighted by Crippen LogP contribution is -2.34. The maximum absolute atomic E-state index is 12.5. The maximum atomic E-state index is 12.5. The lowest BCUT2D eigenvalue weighted by molar-refractivity contribution is 0.0376. The van der Waals surface area contributed by atoms with Gasteiger partial charge in [0.25, 0.3) is 0 Å². The molecule has 2 N–H and O–H groups in total. The first-order valence-corrected chi connectivity index (χ1v) is 12.2. The number of carbonyl (C=O) groups is 2. The van der Waals surface area contributed by atoms with Gasteiger partial charge in [0.15, 0.2) is 5.82 Å². The van der Waals surface area contributed by atoms with E-state index in [1.165, 1.54) is 0 Å². The highest BCUT2D eigenvalue weighted by atomic mass is 16.6. The summed E-state index contributed by atoms with van der Waals surface area (Å²) in [4.78, 5) is 33.0. The molecular weight excluding hydrogens is 472 g/mol. The van der Waals surface area contributed by atoms with Crippen LogP contribution in [0.3, 0.4) is 0 Å². The van der Waals surface area contributed by atoms with Crippen LogP contribution in [0, 0.1) is 0 Å². The van der Waals surface area contributed by atoms with E-state index < -0.39 is 17.7 Å². The Kier molecular flexibility index (Phi) is 6.90. The number of methoxy groups -OCH3 is 1. The van der Waals surface area contributed by atoms with Gasteiger partial charge in [0.2, 0.25) is 0 Å². The van der Waals surface area contributed by atoms with Crippen molar-refractivity contribution in [1.82, 2.24) is 19.9 Å². The summed E-state index contributed by atoms with van der Waals surface area (Å²) in [6.45, 7) is 11.0. The molecule has 2 aromatic carbocycles. The van der Waals surface area contributed by atoms with E-state index in [4.69, 9.17) is 19.2 Å². The molecular formula is C28H34N4O5. The molecule has 2 aromatic heterocycles. The third kappa shape index (κ3) is 5.55. The SMILES string of the molecule is COc1cc(C(=O)OC(C)C)cc2nc(-c3cc4ccc([C@@H](C)NC(=O)OC(C)(C)C)cc4[nH]3)n(C)c12. The third-order valence-electron chi connectivity index (χ3n) is 5.85. The molecule has 0 saturated carbocycles. The Labute approximate surface area is 216 Å². The van der Waals surface area contributed by atoms with Crippen LogP contribution in [0.5, 0.6) is 5.75 Å². The number of carbonyl (C=O) groups excluding carboxylic acids is 2. The van der Waals surface area contributed by atoms with Crippen molar-refractivity contribution in [3.05, 3.63) is 47.5 Å². The van der Waals surface area contributed by atoms with Gasteiger partial charge in [0.1, 0.15) is 16.9 Å². The molecule has 2 heterocycles. The predicted molar refractivity (Wildman–Crippen MR) is 143 cm³/mol. The number of nitrogens with zero attached hydrogens (tertiary/aromatic N) is 2. The van der Waals surface area contributed by atoms with Gasteiger partial charge in [-0.1, -0.05) is 12.1 Å². The van der Waals surface area contributed by atoms with Crippen molar-refractivity contribution in [3.63, 3.8) is 0 Å². The lowest BCUT2D eigenvalue weighted by atomic mass is 10.1. The number of aromatic nitrogens is 3. The average Bonchev–Trinajstić information content (AvgIpc) is 3.36. The van der Waals surface area contributed by atoms with Crippen LogP contribution in [0.4, 0.5) is 4.79 Å². The Morgan fingerprint density at radius 2 is 1.81 bits per heavy atom. The minimum Gasteiger partial charge on any atom is -0.494 e. The highest BCUT2D eigenvalue weighted by molar-refractivity contribution is 5.97. The summed E-state index contributed by atoms with van der Waals surface area (Å²) in [6.07, 6.45) is -0.690. The van der Waals surface area contributed by atoms with Crippen LogP contribution in [0.25, 0.3) is 33.5 Å². The van der Waals surface area contributed by atoms with Gasteiger partial charge in [-0.25, -0.2) is 14.6 Å². The summed E-state index contributed by atoms with van der Waals surface area (Å²) in [7, 11) is 3.47. The van der Waals surface area contributed by atoms with Crippen LogP contribution in [-0.4, -0.2) is 45.4 Å². The zero-order chi connectivity index (χ0) is 27.1. The smallest absolute Gasteiger partial charge is 0.408 e. The summed E-state index contributed by atoms with van der Waals surface area (Å²) in [5.74, 6) is 0.810. The summed E-state index contributed by atoms with van der Waals surface area (Å²) in [6, 6.07) is 11.2. The predicted octanol–water partition coefficient (Wildman–Crippen LogP) is 5.88. The summed E-state index contributed by atoms with van der Waals surface area (Å²) in [5, 5.41) is 3.88. The minimum atomic E-state index is -0.564. The zero-order valence-corrected chi connectivity index (χ0v) is 22.6. The number of alkyl carbamates (subject to hydrolysis) is 1. The van der Waals surface area contributed by atoms with Crippen molar-refractivity contribution in [2.75, 3.05) is 7.11 Å². The number of fused-ring (bicyclic) bond motifs is 2. The number of benzene rings is 2. The molecule has 0 fully saturated rings. The Morgan fingerprint density at radius 1 is 1.08 bits per heavy atom. The van der Waals surface area contributed by atoms with E-state index in [1.807, 2.05) is 77.4 Å². The number of amides is 1. The van der Waals surface area contributed by atoms with Gasteiger partial charge in [-0.3, -0.25) is 0 Å². The first-order chi connectivity index (χ1) is 17.4. The van der Waals surface area contributed by atoms with Crippen molar-refractivity contribution in [2.24, 2.45) is 7.05 Å². The largest absolute Gasteiger partial charge is 0.494 e. The summed E-state index contributed by atoms with van der Waals surface area (Å²) < 4.78 is 18.3. The van der Waals surface area contributed by atoms with E-state index in [0.29, 0.717) is 22.7 Å². The minimum absolute atomic E-state index is 0.230. The highest BCUT2D eigenvalue weighted by Gasteiger charge is 2.21. The fourth-order valence-electron chi connectivity index (χ4n) is 4.21. The molecule has 0 aliphatic heterocycles. The molecule has 37 heavy (non-hydrogen) atoms. The van der Waals surface area contributed by atoms with Crippen molar-refractivity contribution in [3.8, 4) is 17.3 Å². The van der Waals surface area contributed by atoms with Crippen molar-refractivity contribution in [2.45, 2.75) is 59.3 Å². The molecule has 0 aliphatic rings. The molecule has 0 spiro atoms. The first-order valence-electron chi connectivity index (χ1n) is 12.2. The second-order valence-corrected chi connectivity index (χ2v) is 10.4. The number of hydrogen-bond donors (Lipinski definition) is 2. The van der Waals surface area contributed by atoms with Crippen LogP contribution < -0.4 is 10.1 Å². The molecule has 4 aromatic rings. The third-order valence-corrected chi connectivity index (χ3v) is 5.85. The number of nitrogens with one attached hydrogen (secondary N) is 2. The number of hydrogen-bond acceptors (Lipinski definition) is 6. The zero-order valence-electron chi connectivity index (χ0n) is 22.6. The monoisotopic (exact) mass is 506 g/mol. The second-order valence-electron chi connectivity index (χ2n) is 10.4. The van der Waals surface area contributed by atoms with E-state index in [-0.39, 0.29) is 12.1 Å². The van der Waals surface area contributed by atoms with Gasteiger partial charge in [-0.15, -0.1) is 0 Å². The molecule has 9 nitrogen and oxygen atoms in total. The van der Waals surface area contributed by atoms with Crippen LogP contribution in [0.1, 0.15) is 63.5 Å². The van der Waals surface area contributed by atoms with Gasteiger partial charge < -0.3 is 29.1 Å². The quantitative estimate of drug-likeness (QED) is 0.316. The fraction of sp³-hybridized carbons (Fsp3) is 0.393. The Balaban J connectivity index is 1.68. The molecule has 0 aliphatic carbocycles. The van der Waals surface area contributed by atoms with Crippen molar-refractivity contribution >= 4 is 34.0 Å². The van der Waals surface area contributed by atoms with E-state index in [9.17, 15) is 9.59 Å². The highest BCUT2D eigenvalue weighted by Crippen LogP contribution is 2.33. The molecule has 0 unspecified atom stereocenters. The number of esters is 1. The van der Waals surface area contributed by atoms with E-state index in [1.54, 1.807) is 19.2 Å². The van der Waals surface area contributed by atoms with E-state index >= 15 is 0 Å². The fourth-order valence-corrected chi connectivity index (χ4v) is 4.21. The lowest BCUT2D eigenvalue weighted by Gasteiger charge is -2.22. The molecule has 9 heteroatoms.